The van der Waals surface area contributed by atoms with E-state index in [2.05, 4.69) is 15.3 Å². The van der Waals surface area contributed by atoms with Crippen molar-refractivity contribution in [2.45, 2.75) is 20.8 Å². The minimum absolute atomic E-state index is 0.266. The van der Waals surface area contributed by atoms with Crippen LogP contribution in [0.2, 0.25) is 5.15 Å². The van der Waals surface area contributed by atoms with E-state index >= 15 is 0 Å². The Balaban J connectivity index is 2.34. The van der Waals surface area contributed by atoms with Crippen molar-refractivity contribution in [3.05, 3.63) is 52.1 Å². The van der Waals surface area contributed by atoms with Gasteiger partial charge in [-0.15, -0.1) is 0 Å². The number of hydrogen-bond donors (Lipinski definition) is 1. The van der Waals surface area contributed by atoms with Crippen LogP contribution in [0.15, 0.2) is 24.5 Å². The van der Waals surface area contributed by atoms with E-state index in [1.807, 2.05) is 20.8 Å². The lowest BCUT2D eigenvalue weighted by Gasteiger charge is -2.11. The molecule has 0 fully saturated rings. The highest BCUT2D eigenvalue weighted by Crippen LogP contribution is 2.19. The molecule has 2 aromatic heterocycles. The molecule has 0 aromatic carbocycles. The van der Waals surface area contributed by atoms with Gasteiger partial charge in [-0.3, -0.25) is 9.78 Å². The second-order valence-electron chi connectivity index (χ2n) is 4.40. The van der Waals surface area contributed by atoms with Crippen LogP contribution in [-0.4, -0.2) is 15.9 Å². The van der Waals surface area contributed by atoms with Crippen LogP contribution in [0.25, 0.3) is 0 Å². The number of pyridine rings is 2. The Kier molecular flexibility index (Phi) is 3.81. The first-order chi connectivity index (χ1) is 8.99. The van der Waals surface area contributed by atoms with Crippen LogP contribution in [0.3, 0.4) is 0 Å². The Bertz CT molecular complexity index is 620. The number of carbonyl (C=O) groups excluding carboxylic acids is 1. The highest BCUT2D eigenvalue weighted by molar-refractivity contribution is 6.29. The topological polar surface area (TPSA) is 54.9 Å². The van der Waals surface area contributed by atoms with Crippen LogP contribution in [0.5, 0.6) is 0 Å². The number of amides is 1. The summed E-state index contributed by atoms with van der Waals surface area (Å²) < 4.78 is 0. The largest absolute Gasteiger partial charge is 0.320 e. The molecule has 0 radical (unpaired) electrons. The summed E-state index contributed by atoms with van der Waals surface area (Å²) in [6.07, 6.45) is 3.42. The van der Waals surface area contributed by atoms with Crippen molar-refractivity contribution in [1.29, 1.82) is 0 Å². The number of nitrogens with one attached hydrogen (secondary N) is 1. The standard InChI is InChI=1S/C14H14ClN3O/c1-8-4-5-11(15)17-13(8)14(19)18-12-9(2)6-16-7-10(12)3/h4-7H,1-3H3,(H,16,18,19). The summed E-state index contributed by atoms with van der Waals surface area (Å²) in [6.45, 7) is 5.62. The van der Waals surface area contributed by atoms with E-state index in [1.54, 1.807) is 24.5 Å². The van der Waals surface area contributed by atoms with Gasteiger partial charge in [0.2, 0.25) is 0 Å². The number of anilines is 1. The molecule has 0 saturated carbocycles. The summed E-state index contributed by atoms with van der Waals surface area (Å²) in [7, 11) is 0. The molecular weight excluding hydrogens is 262 g/mol. The van der Waals surface area contributed by atoms with Crippen LogP contribution in [0, 0.1) is 20.8 Å². The zero-order chi connectivity index (χ0) is 14.0. The van der Waals surface area contributed by atoms with Gasteiger partial charge in [-0.25, -0.2) is 4.98 Å². The third-order valence-electron chi connectivity index (χ3n) is 2.84. The molecule has 4 nitrogen and oxygen atoms in total. The highest BCUT2D eigenvalue weighted by atomic mass is 35.5. The van der Waals surface area contributed by atoms with E-state index in [0.29, 0.717) is 10.8 Å². The second-order valence-corrected chi connectivity index (χ2v) is 4.79. The second kappa shape index (κ2) is 5.36. The minimum Gasteiger partial charge on any atom is -0.320 e. The van der Waals surface area contributed by atoms with Crippen molar-refractivity contribution in [1.82, 2.24) is 9.97 Å². The summed E-state index contributed by atoms with van der Waals surface area (Å²) >= 11 is 5.83. The van der Waals surface area contributed by atoms with Gasteiger partial charge in [0.05, 0.1) is 0 Å². The molecule has 0 aliphatic rings. The van der Waals surface area contributed by atoms with Crippen molar-refractivity contribution in [2.24, 2.45) is 0 Å². The van der Waals surface area contributed by atoms with Gasteiger partial charge in [0.1, 0.15) is 10.8 Å². The monoisotopic (exact) mass is 275 g/mol. The zero-order valence-electron chi connectivity index (χ0n) is 11.0. The van der Waals surface area contributed by atoms with Crippen LogP contribution in [-0.2, 0) is 0 Å². The lowest BCUT2D eigenvalue weighted by atomic mass is 10.1. The molecule has 0 saturated heterocycles. The molecule has 98 valence electrons. The first kappa shape index (κ1) is 13.5. The number of nitrogens with zero attached hydrogens (tertiary/aromatic N) is 2. The van der Waals surface area contributed by atoms with E-state index < -0.39 is 0 Å². The first-order valence-corrected chi connectivity index (χ1v) is 6.22. The van der Waals surface area contributed by atoms with Gasteiger partial charge in [-0.2, -0.15) is 0 Å². The molecule has 5 heteroatoms. The molecule has 2 aromatic rings. The Morgan fingerprint density at radius 1 is 1.11 bits per heavy atom. The van der Waals surface area contributed by atoms with Crippen LogP contribution >= 0.6 is 11.6 Å². The van der Waals surface area contributed by atoms with Gasteiger partial charge in [0.15, 0.2) is 0 Å². The first-order valence-electron chi connectivity index (χ1n) is 5.84. The van der Waals surface area contributed by atoms with Crippen molar-refractivity contribution in [2.75, 3.05) is 5.32 Å². The number of carbonyl (C=O) groups is 1. The van der Waals surface area contributed by atoms with Gasteiger partial charge >= 0.3 is 0 Å². The molecule has 0 spiro atoms. The summed E-state index contributed by atoms with van der Waals surface area (Å²) in [5.74, 6) is -0.266. The molecule has 0 bridgehead atoms. The maximum Gasteiger partial charge on any atom is 0.274 e. The Labute approximate surface area is 116 Å². The van der Waals surface area contributed by atoms with Crippen LogP contribution < -0.4 is 5.32 Å². The number of aromatic nitrogens is 2. The molecule has 0 unspecified atom stereocenters. The molecule has 0 aliphatic carbocycles. The highest BCUT2D eigenvalue weighted by Gasteiger charge is 2.14. The molecule has 1 amide bonds. The zero-order valence-corrected chi connectivity index (χ0v) is 11.7. The third-order valence-corrected chi connectivity index (χ3v) is 3.05. The molecular formula is C14H14ClN3O. The van der Waals surface area contributed by atoms with Crippen LogP contribution in [0.1, 0.15) is 27.2 Å². The van der Waals surface area contributed by atoms with Crippen molar-refractivity contribution in [3.8, 4) is 0 Å². The fourth-order valence-corrected chi connectivity index (χ4v) is 1.95. The van der Waals surface area contributed by atoms with E-state index in [9.17, 15) is 4.79 Å². The Morgan fingerprint density at radius 3 is 2.37 bits per heavy atom. The van der Waals surface area contributed by atoms with E-state index in [1.165, 1.54) is 0 Å². The van der Waals surface area contributed by atoms with E-state index in [-0.39, 0.29) is 5.91 Å². The molecule has 2 rings (SSSR count). The Hall–Kier alpha value is -1.94. The van der Waals surface area contributed by atoms with Crippen molar-refractivity contribution < 1.29 is 4.79 Å². The molecule has 0 atom stereocenters. The SMILES string of the molecule is Cc1ccc(Cl)nc1C(=O)Nc1c(C)cncc1C. The van der Waals surface area contributed by atoms with E-state index in [0.717, 1.165) is 22.4 Å². The average Bonchev–Trinajstić information content (AvgIpc) is 2.37. The lowest BCUT2D eigenvalue weighted by Crippen LogP contribution is -2.17. The van der Waals surface area contributed by atoms with Gasteiger partial charge in [0.25, 0.3) is 5.91 Å². The summed E-state index contributed by atoms with van der Waals surface area (Å²) in [5.41, 5.74) is 3.71. The maximum absolute atomic E-state index is 12.2. The fourth-order valence-electron chi connectivity index (χ4n) is 1.81. The van der Waals surface area contributed by atoms with Gasteiger partial charge < -0.3 is 5.32 Å². The molecule has 1 N–H and O–H groups in total. The van der Waals surface area contributed by atoms with E-state index in [4.69, 9.17) is 11.6 Å². The predicted octanol–water partition coefficient (Wildman–Crippen LogP) is 3.31. The average molecular weight is 276 g/mol. The normalized spacial score (nSPS) is 10.3. The maximum atomic E-state index is 12.2. The van der Waals surface area contributed by atoms with Crippen molar-refractivity contribution in [3.63, 3.8) is 0 Å². The predicted molar refractivity (Wildman–Crippen MR) is 75.6 cm³/mol. The number of halogens is 1. The smallest absolute Gasteiger partial charge is 0.274 e. The van der Waals surface area contributed by atoms with Gasteiger partial charge in [-0.1, -0.05) is 17.7 Å². The Morgan fingerprint density at radius 2 is 1.74 bits per heavy atom. The lowest BCUT2D eigenvalue weighted by molar-refractivity contribution is 0.102. The number of rotatable bonds is 2. The minimum atomic E-state index is -0.266. The van der Waals surface area contributed by atoms with Gasteiger partial charge in [-0.05, 0) is 43.5 Å². The van der Waals surface area contributed by atoms with Crippen LogP contribution in [0.4, 0.5) is 5.69 Å². The number of aryl methyl sites for hydroxylation is 3. The number of hydrogen-bond acceptors (Lipinski definition) is 3. The third kappa shape index (κ3) is 2.90. The fraction of sp³-hybridized carbons (Fsp3) is 0.214. The van der Waals surface area contributed by atoms with Crippen molar-refractivity contribution >= 4 is 23.2 Å². The summed E-state index contributed by atoms with van der Waals surface area (Å²) in [4.78, 5) is 20.4. The molecule has 2 heterocycles. The molecule has 19 heavy (non-hydrogen) atoms. The van der Waals surface area contributed by atoms with Gasteiger partial charge in [0, 0.05) is 18.1 Å². The quantitative estimate of drug-likeness (QED) is 0.856. The summed E-state index contributed by atoms with van der Waals surface area (Å²) in [5, 5.41) is 3.17. The molecule has 0 aliphatic heterocycles. The summed E-state index contributed by atoms with van der Waals surface area (Å²) in [6, 6.07) is 3.44.